The maximum atomic E-state index is 12.1. The van der Waals surface area contributed by atoms with E-state index in [4.69, 9.17) is 5.11 Å². The van der Waals surface area contributed by atoms with Gasteiger partial charge in [-0.05, 0) is 31.4 Å². The van der Waals surface area contributed by atoms with Crippen LogP contribution < -0.4 is 5.32 Å². The van der Waals surface area contributed by atoms with Crippen LogP contribution in [0.25, 0.3) is 0 Å². The van der Waals surface area contributed by atoms with Gasteiger partial charge in [0.1, 0.15) is 6.04 Å². The van der Waals surface area contributed by atoms with Gasteiger partial charge in [0.05, 0.1) is 0 Å². The van der Waals surface area contributed by atoms with Gasteiger partial charge in [-0.3, -0.25) is 0 Å². The summed E-state index contributed by atoms with van der Waals surface area (Å²) in [7, 11) is 0. The molecule has 19 heavy (non-hydrogen) atoms. The van der Waals surface area contributed by atoms with E-state index in [2.05, 4.69) is 11.6 Å². The molecular weight excluding hydrogens is 264 g/mol. The van der Waals surface area contributed by atoms with E-state index in [-0.39, 0.29) is 11.9 Å². The van der Waals surface area contributed by atoms with Crippen molar-refractivity contribution in [1.82, 2.24) is 10.2 Å². The van der Waals surface area contributed by atoms with E-state index >= 15 is 0 Å². The van der Waals surface area contributed by atoms with Crippen LogP contribution in [0.4, 0.5) is 4.79 Å². The molecule has 2 atom stereocenters. The van der Waals surface area contributed by atoms with Crippen molar-refractivity contribution in [3.63, 3.8) is 0 Å². The summed E-state index contributed by atoms with van der Waals surface area (Å²) in [6, 6.07) is -1.06. The van der Waals surface area contributed by atoms with Gasteiger partial charge in [-0.2, -0.15) is 11.8 Å². The lowest BCUT2D eigenvalue weighted by atomic mass is 10.1. The number of nitrogens with zero attached hydrogens (tertiary/aromatic N) is 1. The molecule has 0 bridgehead atoms. The number of hydrogen-bond donors (Lipinski definition) is 2. The van der Waals surface area contributed by atoms with E-state index in [1.54, 1.807) is 18.7 Å². The van der Waals surface area contributed by atoms with Crippen molar-refractivity contribution < 1.29 is 14.7 Å². The first-order valence-corrected chi connectivity index (χ1v) is 8.05. The summed E-state index contributed by atoms with van der Waals surface area (Å²) >= 11 is 1.84. The number of carbonyl (C=O) groups excluding carboxylic acids is 1. The minimum Gasteiger partial charge on any atom is -0.480 e. The van der Waals surface area contributed by atoms with Gasteiger partial charge in [-0.25, -0.2) is 9.59 Å². The van der Waals surface area contributed by atoms with Crippen LogP contribution in [0.2, 0.25) is 0 Å². The molecule has 0 saturated carbocycles. The molecule has 6 heteroatoms. The first kappa shape index (κ1) is 16.1. The van der Waals surface area contributed by atoms with E-state index in [0.717, 1.165) is 19.3 Å². The predicted octanol–water partition coefficient (Wildman–Crippen LogP) is 2.02. The second kappa shape index (κ2) is 7.62. The molecule has 1 heterocycles. The normalized spacial score (nSPS) is 21.9. The molecule has 1 aliphatic heterocycles. The highest BCUT2D eigenvalue weighted by Crippen LogP contribution is 2.21. The van der Waals surface area contributed by atoms with Gasteiger partial charge in [0.15, 0.2) is 0 Å². The van der Waals surface area contributed by atoms with E-state index in [1.165, 1.54) is 0 Å². The SMILES string of the molecule is CSC1CCCN(C(=O)N[C@H](C(=O)O)C(C)C)CC1. The number of amides is 2. The van der Waals surface area contributed by atoms with Crippen molar-refractivity contribution in [2.45, 2.75) is 44.4 Å². The largest absolute Gasteiger partial charge is 0.480 e. The minimum absolute atomic E-state index is 0.118. The Bertz CT molecular complexity index is 323. The van der Waals surface area contributed by atoms with Crippen LogP contribution in [0.1, 0.15) is 33.1 Å². The molecule has 0 radical (unpaired) electrons. The van der Waals surface area contributed by atoms with Gasteiger partial charge in [0.25, 0.3) is 0 Å². The van der Waals surface area contributed by atoms with Crippen molar-refractivity contribution in [2.75, 3.05) is 19.3 Å². The van der Waals surface area contributed by atoms with Crippen molar-refractivity contribution in [3.8, 4) is 0 Å². The van der Waals surface area contributed by atoms with Gasteiger partial charge >= 0.3 is 12.0 Å². The first-order chi connectivity index (χ1) is 8.95. The molecule has 2 N–H and O–H groups in total. The number of carboxylic acid groups (broad SMARTS) is 1. The second-order valence-electron chi connectivity index (χ2n) is 5.29. The topological polar surface area (TPSA) is 69.6 Å². The van der Waals surface area contributed by atoms with E-state index < -0.39 is 12.0 Å². The molecule has 0 aliphatic carbocycles. The van der Waals surface area contributed by atoms with Crippen molar-refractivity contribution in [2.24, 2.45) is 5.92 Å². The molecule has 1 unspecified atom stereocenters. The van der Waals surface area contributed by atoms with Crippen LogP contribution >= 0.6 is 11.8 Å². The number of likely N-dealkylation sites (tertiary alicyclic amines) is 1. The van der Waals surface area contributed by atoms with E-state index in [1.807, 2.05) is 11.8 Å². The van der Waals surface area contributed by atoms with Crippen molar-refractivity contribution >= 4 is 23.8 Å². The fourth-order valence-corrected chi connectivity index (χ4v) is 2.99. The van der Waals surface area contributed by atoms with Crippen LogP contribution in [-0.4, -0.2) is 52.6 Å². The number of carboxylic acids is 1. The summed E-state index contributed by atoms with van der Waals surface area (Å²) < 4.78 is 0. The summed E-state index contributed by atoms with van der Waals surface area (Å²) in [5.74, 6) is -1.09. The van der Waals surface area contributed by atoms with Crippen molar-refractivity contribution in [1.29, 1.82) is 0 Å². The molecular formula is C13H24N2O3S. The molecule has 0 spiro atoms. The van der Waals surface area contributed by atoms with Crippen LogP contribution in [0.5, 0.6) is 0 Å². The summed E-state index contributed by atoms with van der Waals surface area (Å²) in [6.07, 6.45) is 5.18. The molecule has 0 aromatic heterocycles. The molecule has 1 aliphatic rings. The Morgan fingerprint density at radius 2 is 2.00 bits per heavy atom. The average molecular weight is 288 g/mol. The highest BCUT2D eigenvalue weighted by atomic mass is 32.2. The zero-order chi connectivity index (χ0) is 14.4. The molecule has 0 aromatic rings. The van der Waals surface area contributed by atoms with Gasteiger partial charge in [0.2, 0.25) is 0 Å². The highest BCUT2D eigenvalue weighted by molar-refractivity contribution is 7.99. The summed E-state index contributed by atoms with van der Waals surface area (Å²) in [5.41, 5.74) is 0. The Morgan fingerprint density at radius 1 is 1.32 bits per heavy atom. The number of hydrogen-bond acceptors (Lipinski definition) is 3. The number of urea groups is 1. The fraction of sp³-hybridized carbons (Fsp3) is 0.846. The Balaban J connectivity index is 2.55. The van der Waals surface area contributed by atoms with Gasteiger partial charge in [-0.1, -0.05) is 13.8 Å². The molecule has 1 fully saturated rings. The fourth-order valence-electron chi connectivity index (χ4n) is 2.24. The predicted molar refractivity (Wildman–Crippen MR) is 77.5 cm³/mol. The molecule has 1 rings (SSSR count). The van der Waals surface area contributed by atoms with Crippen LogP contribution in [-0.2, 0) is 4.79 Å². The number of aliphatic carboxylic acids is 1. The molecule has 110 valence electrons. The lowest BCUT2D eigenvalue weighted by molar-refractivity contribution is -0.140. The Hall–Kier alpha value is -0.910. The molecule has 5 nitrogen and oxygen atoms in total. The number of carbonyl (C=O) groups is 2. The Morgan fingerprint density at radius 3 is 2.53 bits per heavy atom. The van der Waals surface area contributed by atoms with E-state index in [9.17, 15) is 9.59 Å². The quantitative estimate of drug-likeness (QED) is 0.830. The Kier molecular flexibility index (Phi) is 6.48. The summed E-state index contributed by atoms with van der Waals surface area (Å²) in [6.45, 7) is 5.02. The van der Waals surface area contributed by atoms with Gasteiger partial charge in [0, 0.05) is 18.3 Å². The third kappa shape index (κ3) is 4.93. The maximum Gasteiger partial charge on any atom is 0.326 e. The maximum absolute atomic E-state index is 12.1. The number of nitrogens with one attached hydrogen (secondary N) is 1. The zero-order valence-electron chi connectivity index (χ0n) is 11.9. The zero-order valence-corrected chi connectivity index (χ0v) is 12.7. The van der Waals surface area contributed by atoms with Crippen LogP contribution in [0, 0.1) is 5.92 Å². The molecule has 1 saturated heterocycles. The third-order valence-electron chi connectivity index (χ3n) is 3.51. The number of rotatable bonds is 4. The smallest absolute Gasteiger partial charge is 0.326 e. The third-order valence-corrected chi connectivity index (χ3v) is 4.65. The van der Waals surface area contributed by atoms with Crippen LogP contribution in [0.15, 0.2) is 0 Å². The minimum atomic E-state index is -0.972. The summed E-state index contributed by atoms with van der Waals surface area (Å²) in [4.78, 5) is 24.9. The van der Waals surface area contributed by atoms with Crippen molar-refractivity contribution in [3.05, 3.63) is 0 Å². The number of thioether (sulfide) groups is 1. The second-order valence-corrected chi connectivity index (χ2v) is 6.42. The van der Waals surface area contributed by atoms with Crippen LogP contribution in [0.3, 0.4) is 0 Å². The molecule has 0 aromatic carbocycles. The summed E-state index contributed by atoms with van der Waals surface area (Å²) in [5, 5.41) is 12.3. The monoisotopic (exact) mass is 288 g/mol. The lowest BCUT2D eigenvalue weighted by Gasteiger charge is -2.25. The highest BCUT2D eigenvalue weighted by Gasteiger charge is 2.27. The lowest BCUT2D eigenvalue weighted by Crippen LogP contribution is -2.50. The Labute approximate surface area is 119 Å². The van der Waals surface area contributed by atoms with Gasteiger partial charge in [-0.15, -0.1) is 0 Å². The van der Waals surface area contributed by atoms with E-state index in [0.29, 0.717) is 18.3 Å². The molecule has 2 amide bonds. The van der Waals surface area contributed by atoms with Gasteiger partial charge < -0.3 is 15.3 Å². The average Bonchev–Trinajstić information content (AvgIpc) is 2.59. The standard InChI is InChI=1S/C13H24N2O3S/c1-9(2)11(12(16)17)14-13(18)15-7-4-5-10(19-3)6-8-15/h9-11H,4-8H2,1-3H3,(H,14,18)(H,16,17)/t10?,11-/m0/s1. The first-order valence-electron chi connectivity index (χ1n) is 6.76.